The predicted octanol–water partition coefficient (Wildman–Crippen LogP) is 4.27. The number of carbonyl (C=O) groups is 1. The van der Waals surface area contributed by atoms with Gasteiger partial charge in [-0.25, -0.2) is 0 Å². The molecular weight excluding hydrogens is 396 g/mol. The molecule has 0 spiro atoms. The third-order valence-electron chi connectivity index (χ3n) is 6.07. The highest BCUT2D eigenvalue weighted by Crippen LogP contribution is 2.38. The van der Waals surface area contributed by atoms with Crippen LogP contribution < -0.4 is 0 Å². The molecule has 3 aromatic rings. The van der Waals surface area contributed by atoms with Crippen LogP contribution >= 0.6 is 11.3 Å². The molecule has 1 atom stereocenters. The standard InChI is InChI=1S/C24H26N2O3S/c1-17-19(16-25-10-12-28-13-11-25)15-21(29-17)24(27)26-9-7-22-20(8-14-30-22)23(26)18-5-3-2-4-6-18/h2-6,8,14-15,23H,7,9-13,16H2,1H3/t23-/m1/s1. The lowest BCUT2D eigenvalue weighted by Gasteiger charge is -2.35. The smallest absolute Gasteiger partial charge is 0.290 e. The number of fused-ring (bicyclic) bond motifs is 1. The summed E-state index contributed by atoms with van der Waals surface area (Å²) >= 11 is 1.78. The van der Waals surface area contributed by atoms with Crippen LogP contribution in [0.15, 0.2) is 52.3 Å². The van der Waals surface area contributed by atoms with Crippen molar-refractivity contribution >= 4 is 17.2 Å². The Morgan fingerprint density at radius 2 is 1.93 bits per heavy atom. The molecule has 4 heterocycles. The minimum absolute atomic E-state index is 0.0305. The molecule has 1 saturated heterocycles. The lowest BCUT2D eigenvalue weighted by atomic mass is 9.93. The van der Waals surface area contributed by atoms with Crippen LogP contribution in [0.1, 0.15) is 43.9 Å². The molecule has 5 nitrogen and oxygen atoms in total. The summed E-state index contributed by atoms with van der Waals surface area (Å²) in [5.41, 5.74) is 3.47. The van der Waals surface area contributed by atoms with Gasteiger partial charge in [0.1, 0.15) is 5.76 Å². The summed E-state index contributed by atoms with van der Waals surface area (Å²) in [7, 11) is 0. The van der Waals surface area contributed by atoms with E-state index in [2.05, 4.69) is 28.5 Å². The van der Waals surface area contributed by atoms with Crippen molar-refractivity contribution in [2.75, 3.05) is 32.8 Å². The van der Waals surface area contributed by atoms with E-state index in [-0.39, 0.29) is 11.9 Å². The van der Waals surface area contributed by atoms with Crippen LogP contribution in [0.2, 0.25) is 0 Å². The van der Waals surface area contributed by atoms with Crippen molar-refractivity contribution in [1.82, 2.24) is 9.80 Å². The van der Waals surface area contributed by atoms with Crippen molar-refractivity contribution < 1.29 is 13.9 Å². The maximum atomic E-state index is 13.6. The quantitative estimate of drug-likeness (QED) is 0.630. The van der Waals surface area contributed by atoms with Gasteiger partial charge < -0.3 is 14.1 Å². The summed E-state index contributed by atoms with van der Waals surface area (Å²) < 4.78 is 11.4. The number of hydrogen-bond donors (Lipinski definition) is 0. The minimum atomic E-state index is -0.0678. The number of aryl methyl sites for hydroxylation is 1. The summed E-state index contributed by atoms with van der Waals surface area (Å²) in [5, 5.41) is 2.13. The lowest BCUT2D eigenvalue weighted by Crippen LogP contribution is -2.40. The Kier molecular flexibility index (Phi) is 5.46. The van der Waals surface area contributed by atoms with E-state index < -0.39 is 0 Å². The van der Waals surface area contributed by atoms with Gasteiger partial charge in [0.2, 0.25) is 0 Å². The van der Waals surface area contributed by atoms with E-state index in [0.717, 1.165) is 56.2 Å². The number of nitrogens with zero attached hydrogens (tertiary/aromatic N) is 2. The first-order valence-electron chi connectivity index (χ1n) is 10.5. The first kappa shape index (κ1) is 19.5. The second kappa shape index (κ2) is 8.38. The van der Waals surface area contributed by atoms with Gasteiger partial charge in [-0.2, -0.15) is 0 Å². The highest BCUT2D eigenvalue weighted by Gasteiger charge is 2.34. The van der Waals surface area contributed by atoms with Gasteiger partial charge in [-0.05, 0) is 42.0 Å². The number of rotatable bonds is 4. The third-order valence-corrected chi connectivity index (χ3v) is 7.07. The largest absolute Gasteiger partial charge is 0.456 e. The van der Waals surface area contributed by atoms with Gasteiger partial charge in [-0.1, -0.05) is 30.3 Å². The van der Waals surface area contributed by atoms with E-state index in [4.69, 9.17) is 9.15 Å². The number of amides is 1. The molecule has 156 valence electrons. The second-order valence-corrected chi connectivity index (χ2v) is 8.94. The number of thiophene rings is 1. The maximum absolute atomic E-state index is 13.6. The first-order valence-corrected chi connectivity index (χ1v) is 11.4. The molecule has 0 saturated carbocycles. The molecular formula is C24H26N2O3S. The molecule has 2 aromatic heterocycles. The van der Waals surface area contributed by atoms with E-state index >= 15 is 0 Å². The Morgan fingerprint density at radius 1 is 1.13 bits per heavy atom. The molecule has 0 N–H and O–H groups in total. The molecule has 2 aliphatic rings. The van der Waals surface area contributed by atoms with Crippen LogP contribution in [-0.2, 0) is 17.7 Å². The van der Waals surface area contributed by atoms with E-state index in [1.807, 2.05) is 36.1 Å². The number of benzene rings is 1. The van der Waals surface area contributed by atoms with Gasteiger partial charge in [0, 0.05) is 36.6 Å². The third kappa shape index (κ3) is 3.71. The van der Waals surface area contributed by atoms with Gasteiger partial charge >= 0.3 is 0 Å². The molecule has 6 heteroatoms. The summed E-state index contributed by atoms with van der Waals surface area (Å²) in [5.74, 6) is 1.24. The first-order chi connectivity index (χ1) is 14.7. The average molecular weight is 423 g/mol. The lowest BCUT2D eigenvalue weighted by molar-refractivity contribution is 0.0340. The fourth-order valence-corrected chi connectivity index (χ4v) is 5.36. The van der Waals surface area contributed by atoms with Gasteiger partial charge in [0.15, 0.2) is 5.76 Å². The van der Waals surface area contributed by atoms with Crippen LogP contribution in [0.25, 0.3) is 0 Å². The molecule has 0 bridgehead atoms. The van der Waals surface area contributed by atoms with Gasteiger partial charge in [-0.3, -0.25) is 9.69 Å². The Bertz CT molecular complexity index is 1020. The van der Waals surface area contributed by atoms with Gasteiger partial charge in [-0.15, -0.1) is 11.3 Å². The highest BCUT2D eigenvalue weighted by atomic mass is 32.1. The van der Waals surface area contributed by atoms with Crippen molar-refractivity contribution in [3.8, 4) is 0 Å². The van der Waals surface area contributed by atoms with Crippen molar-refractivity contribution in [3.63, 3.8) is 0 Å². The summed E-state index contributed by atoms with van der Waals surface area (Å²) in [4.78, 5) is 19.3. The molecule has 0 radical (unpaired) electrons. The van der Waals surface area contributed by atoms with Crippen molar-refractivity contribution in [3.05, 3.63) is 80.9 Å². The molecule has 0 unspecified atom stereocenters. The second-order valence-electron chi connectivity index (χ2n) is 7.94. The van der Waals surface area contributed by atoms with Crippen molar-refractivity contribution in [1.29, 1.82) is 0 Å². The summed E-state index contributed by atoms with van der Waals surface area (Å²) in [6, 6.07) is 14.3. The molecule has 30 heavy (non-hydrogen) atoms. The van der Waals surface area contributed by atoms with Gasteiger partial charge in [0.25, 0.3) is 5.91 Å². The Morgan fingerprint density at radius 3 is 2.73 bits per heavy atom. The fourth-order valence-electron chi connectivity index (χ4n) is 4.45. The zero-order valence-corrected chi connectivity index (χ0v) is 18.0. The van der Waals surface area contributed by atoms with Crippen LogP contribution in [0.3, 0.4) is 0 Å². The zero-order chi connectivity index (χ0) is 20.5. The van der Waals surface area contributed by atoms with Crippen LogP contribution in [0.5, 0.6) is 0 Å². The number of hydrogen-bond acceptors (Lipinski definition) is 5. The normalized spacial score (nSPS) is 19.6. The monoisotopic (exact) mass is 422 g/mol. The van der Waals surface area contributed by atoms with E-state index in [0.29, 0.717) is 12.3 Å². The molecule has 1 aromatic carbocycles. The molecule has 1 amide bonds. The molecule has 2 aliphatic heterocycles. The topological polar surface area (TPSA) is 45.9 Å². The van der Waals surface area contributed by atoms with E-state index in [9.17, 15) is 4.79 Å². The number of morpholine rings is 1. The maximum Gasteiger partial charge on any atom is 0.290 e. The van der Waals surface area contributed by atoms with Crippen molar-refractivity contribution in [2.45, 2.75) is 25.9 Å². The molecule has 0 aliphatic carbocycles. The predicted molar refractivity (Wildman–Crippen MR) is 117 cm³/mol. The SMILES string of the molecule is Cc1oc(C(=O)N2CCc3sccc3[C@H]2c2ccccc2)cc1CN1CCOCC1. The number of ether oxygens (including phenoxy) is 1. The average Bonchev–Trinajstić information content (AvgIpc) is 3.40. The Hall–Kier alpha value is -2.41. The minimum Gasteiger partial charge on any atom is -0.456 e. The van der Waals surface area contributed by atoms with Crippen LogP contribution in [-0.4, -0.2) is 48.6 Å². The van der Waals surface area contributed by atoms with Crippen molar-refractivity contribution in [2.24, 2.45) is 0 Å². The fraction of sp³-hybridized carbons (Fsp3) is 0.375. The van der Waals surface area contributed by atoms with E-state index in [1.54, 1.807) is 11.3 Å². The van der Waals surface area contributed by atoms with Crippen LogP contribution in [0.4, 0.5) is 0 Å². The Balaban J connectivity index is 1.43. The van der Waals surface area contributed by atoms with Crippen LogP contribution in [0, 0.1) is 6.92 Å². The summed E-state index contributed by atoms with van der Waals surface area (Å²) in [6.07, 6.45) is 0.891. The highest BCUT2D eigenvalue weighted by molar-refractivity contribution is 7.10. The molecule has 1 fully saturated rings. The number of carbonyl (C=O) groups excluding carboxylic acids is 1. The number of furan rings is 1. The van der Waals surface area contributed by atoms with E-state index in [1.165, 1.54) is 10.4 Å². The summed E-state index contributed by atoms with van der Waals surface area (Å²) in [6.45, 7) is 6.80. The van der Waals surface area contributed by atoms with Gasteiger partial charge in [0.05, 0.1) is 19.3 Å². The zero-order valence-electron chi connectivity index (χ0n) is 17.2. The Labute approximate surface area is 180 Å². The molecule has 5 rings (SSSR count).